The Morgan fingerprint density at radius 3 is 2.81 bits per heavy atom. The van der Waals surface area contributed by atoms with E-state index in [2.05, 4.69) is 4.98 Å². The molecule has 0 saturated carbocycles. The highest BCUT2D eigenvalue weighted by Gasteiger charge is 2.31. The Morgan fingerprint density at radius 2 is 2.19 bits per heavy atom. The first-order valence-corrected chi connectivity index (χ1v) is 7.22. The molecule has 114 valence electrons. The van der Waals surface area contributed by atoms with Gasteiger partial charge in [0.1, 0.15) is 0 Å². The summed E-state index contributed by atoms with van der Waals surface area (Å²) in [5, 5.41) is 0. The van der Waals surface area contributed by atoms with Crippen molar-refractivity contribution in [1.82, 2.24) is 9.55 Å². The van der Waals surface area contributed by atoms with Crippen molar-refractivity contribution in [2.24, 2.45) is 0 Å². The van der Waals surface area contributed by atoms with Crippen LogP contribution in [0.25, 0.3) is 11.0 Å². The average Bonchev–Trinajstić information content (AvgIpc) is 3.02. The molecule has 1 saturated heterocycles. The highest BCUT2D eigenvalue weighted by atomic mass is 32.1. The van der Waals surface area contributed by atoms with Gasteiger partial charge >= 0.3 is 6.18 Å². The summed E-state index contributed by atoms with van der Waals surface area (Å²) >= 11 is 5.27. The van der Waals surface area contributed by atoms with E-state index in [4.69, 9.17) is 17.0 Å². The van der Waals surface area contributed by atoms with Crippen LogP contribution >= 0.6 is 12.2 Å². The van der Waals surface area contributed by atoms with Crippen molar-refractivity contribution < 1.29 is 17.9 Å². The Morgan fingerprint density at radius 1 is 1.43 bits per heavy atom. The Bertz CT molecular complexity index is 713. The van der Waals surface area contributed by atoms with Crippen molar-refractivity contribution in [2.45, 2.75) is 38.1 Å². The van der Waals surface area contributed by atoms with Gasteiger partial charge in [0.05, 0.1) is 28.7 Å². The summed E-state index contributed by atoms with van der Waals surface area (Å²) in [4.78, 5) is 2.87. The van der Waals surface area contributed by atoms with Crippen LogP contribution in [0, 0.1) is 4.77 Å². The Balaban J connectivity index is 2.07. The minimum Gasteiger partial charge on any atom is -0.376 e. The maximum absolute atomic E-state index is 12.8. The third-order valence-electron chi connectivity index (χ3n) is 3.95. The summed E-state index contributed by atoms with van der Waals surface area (Å²) in [6, 6.07) is 3.65. The van der Waals surface area contributed by atoms with Crippen LogP contribution in [0.15, 0.2) is 18.2 Å². The topological polar surface area (TPSA) is 29.9 Å². The van der Waals surface area contributed by atoms with Gasteiger partial charge in [0.2, 0.25) is 0 Å². The summed E-state index contributed by atoms with van der Waals surface area (Å²) in [5.74, 6) is 0. The maximum Gasteiger partial charge on any atom is 0.416 e. The van der Waals surface area contributed by atoms with E-state index in [1.54, 1.807) is 0 Å². The van der Waals surface area contributed by atoms with Crippen LogP contribution in [-0.2, 0) is 10.9 Å². The smallest absolute Gasteiger partial charge is 0.376 e. The Hall–Kier alpha value is -1.34. The normalized spacial score (nSPS) is 21.0. The fourth-order valence-corrected chi connectivity index (χ4v) is 3.24. The van der Waals surface area contributed by atoms with Crippen molar-refractivity contribution in [3.63, 3.8) is 0 Å². The van der Waals surface area contributed by atoms with Crippen molar-refractivity contribution in [2.75, 3.05) is 6.61 Å². The molecule has 0 radical (unpaired) electrons. The first-order valence-electron chi connectivity index (χ1n) is 6.81. The second-order valence-electron chi connectivity index (χ2n) is 5.32. The second kappa shape index (κ2) is 5.14. The zero-order valence-corrected chi connectivity index (χ0v) is 12.2. The van der Waals surface area contributed by atoms with Gasteiger partial charge in [0.25, 0.3) is 0 Å². The number of nitrogens with zero attached hydrogens (tertiary/aromatic N) is 1. The average molecular weight is 316 g/mol. The number of aromatic amines is 1. The molecule has 1 N–H and O–H groups in total. The fraction of sp³-hybridized carbons (Fsp3) is 0.500. The molecule has 2 atom stereocenters. The van der Waals surface area contributed by atoms with Crippen molar-refractivity contribution in [1.29, 1.82) is 0 Å². The Labute approximate surface area is 124 Å². The van der Waals surface area contributed by atoms with Crippen LogP contribution in [0.1, 0.15) is 31.4 Å². The van der Waals surface area contributed by atoms with E-state index in [1.807, 2.05) is 11.5 Å². The molecular formula is C14H15F3N2OS. The van der Waals surface area contributed by atoms with Gasteiger partial charge in [-0.3, -0.25) is 0 Å². The number of H-pyrrole nitrogens is 1. The SMILES string of the molecule is CC(C1CCCO1)n1c(=S)[nH]c2cc(C(F)(F)F)ccc21. The number of rotatable bonds is 2. The van der Waals surface area contributed by atoms with Crippen molar-refractivity contribution in [3.05, 3.63) is 28.5 Å². The lowest BCUT2D eigenvalue weighted by Gasteiger charge is -2.21. The van der Waals surface area contributed by atoms with E-state index >= 15 is 0 Å². The summed E-state index contributed by atoms with van der Waals surface area (Å²) in [6.07, 6.45) is -2.36. The lowest BCUT2D eigenvalue weighted by atomic mass is 10.1. The molecule has 1 fully saturated rings. The number of hydrogen-bond donors (Lipinski definition) is 1. The largest absolute Gasteiger partial charge is 0.416 e. The molecule has 2 heterocycles. The number of fused-ring (bicyclic) bond motifs is 1. The van der Waals surface area contributed by atoms with Crippen molar-refractivity contribution in [3.8, 4) is 0 Å². The molecular weight excluding hydrogens is 301 g/mol. The first kappa shape index (κ1) is 14.6. The molecule has 0 aliphatic carbocycles. The zero-order chi connectivity index (χ0) is 15.2. The zero-order valence-electron chi connectivity index (χ0n) is 11.4. The van der Waals surface area contributed by atoms with E-state index in [-0.39, 0.29) is 12.1 Å². The molecule has 3 rings (SSSR count). The van der Waals surface area contributed by atoms with Crippen LogP contribution in [0.5, 0.6) is 0 Å². The summed E-state index contributed by atoms with van der Waals surface area (Å²) in [7, 11) is 0. The quantitative estimate of drug-likeness (QED) is 0.829. The van der Waals surface area contributed by atoms with E-state index in [1.165, 1.54) is 6.07 Å². The van der Waals surface area contributed by atoms with Crippen LogP contribution in [0.2, 0.25) is 0 Å². The molecule has 2 unspecified atom stereocenters. The molecule has 1 aliphatic heterocycles. The molecule has 0 spiro atoms. The minimum atomic E-state index is -4.36. The van der Waals surface area contributed by atoms with Crippen LogP contribution < -0.4 is 0 Å². The number of benzene rings is 1. The van der Waals surface area contributed by atoms with E-state index in [9.17, 15) is 13.2 Å². The number of alkyl halides is 3. The predicted octanol–water partition coefficient (Wildman–Crippen LogP) is 4.46. The molecule has 7 heteroatoms. The van der Waals surface area contributed by atoms with Crippen LogP contribution in [0.3, 0.4) is 0 Å². The van der Waals surface area contributed by atoms with Gasteiger partial charge in [-0.25, -0.2) is 0 Å². The summed E-state index contributed by atoms with van der Waals surface area (Å²) in [6.45, 7) is 2.71. The highest BCUT2D eigenvalue weighted by molar-refractivity contribution is 7.71. The third-order valence-corrected chi connectivity index (χ3v) is 4.25. The second-order valence-corrected chi connectivity index (χ2v) is 5.71. The summed E-state index contributed by atoms with van der Waals surface area (Å²) < 4.78 is 46.2. The van der Waals surface area contributed by atoms with E-state index in [0.717, 1.165) is 31.6 Å². The monoisotopic (exact) mass is 316 g/mol. The number of hydrogen-bond acceptors (Lipinski definition) is 2. The number of nitrogens with one attached hydrogen (secondary N) is 1. The Kier molecular flexibility index (Phi) is 3.57. The van der Waals surface area contributed by atoms with Gasteiger partial charge in [0.15, 0.2) is 4.77 Å². The fourth-order valence-electron chi connectivity index (χ4n) is 2.86. The van der Waals surface area contributed by atoms with Gasteiger partial charge < -0.3 is 14.3 Å². The molecule has 3 nitrogen and oxygen atoms in total. The molecule has 0 bridgehead atoms. The van der Waals surface area contributed by atoms with E-state index < -0.39 is 11.7 Å². The predicted molar refractivity (Wildman–Crippen MR) is 75.8 cm³/mol. The van der Waals surface area contributed by atoms with Gasteiger partial charge in [-0.05, 0) is 50.2 Å². The standard InChI is InChI=1S/C14H15F3N2OS/c1-8(12-3-2-6-20-12)19-11-5-4-9(14(15,16)17)7-10(11)18-13(19)21/h4-5,7-8,12H,2-3,6H2,1H3,(H,18,21). The van der Waals surface area contributed by atoms with Crippen LogP contribution in [-0.4, -0.2) is 22.3 Å². The number of aromatic nitrogens is 2. The molecule has 21 heavy (non-hydrogen) atoms. The maximum atomic E-state index is 12.8. The third kappa shape index (κ3) is 2.60. The lowest BCUT2D eigenvalue weighted by Crippen LogP contribution is -2.20. The number of ether oxygens (including phenoxy) is 1. The first-order chi connectivity index (χ1) is 9.88. The van der Waals surface area contributed by atoms with E-state index in [0.29, 0.717) is 15.8 Å². The van der Waals surface area contributed by atoms with Gasteiger partial charge in [-0.1, -0.05) is 0 Å². The van der Waals surface area contributed by atoms with Crippen LogP contribution in [0.4, 0.5) is 13.2 Å². The molecule has 2 aromatic rings. The van der Waals surface area contributed by atoms with Gasteiger partial charge in [-0.2, -0.15) is 13.2 Å². The van der Waals surface area contributed by atoms with Crippen molar-refractivity contribution >= 4 is 23.3 Å². The van der Waals surface area contributed by atoms with Gasteiger partial charge in [0, 0.05) is 6.61 Å². The minimum absolute atomic E-state index is 0.00881. The molecule has 1 aromatic heterocycles. The number of imidazole rings is 1. The summed E-state index contributed by atoms with van der Waals surface area (Å²) in [5.41, 5.74) is 0.402. The molecule has 1 aliphatic rings. The molecule has 0 amide bonds. The number of halogens is 3. The van der Waals surface area contributed by atoms with Gasteiger partial charge in [-0.15, -0.1) is 0 Å². The lowest BCUT2D eigenvalue weighted by molar-refractivity contribution is -0.137. The highest BCUT2D eigenvalue weighted by Crippen LogP contribution is 2.33. The molecule has 1 aromatic carbocycles.